The average Bonchev–Trinajstić information content (AvgIpc) is 0.756. The van der Waals surface area contributed by atoms with Crippen LogP contribution >= 0.6 is 0 Å². The molecule has 0 saturated heterocycles. The average molecular weight is 1130 g/mol. The molecule has 12 aromatic rings. The summed E-state index contributed by atoms with van der Waals surface area (Å²) < 4.78 is 55.1. The van der Waals surface area contributed by atoms with Crippen LogP contribution < -0.4 is 26.0 Å². The van der Waals surface area contributed by atoms with Crippen molar-refractivity contribution in [1.29, 1.82) is 0 Å². The third kappa shape index (κ3) is 8.53. The molecule has 11 aromatic carbocycles. The molecular formula is C83H75BN2O. The molecule has 0 radical (unpaired) electrons. The van der Waals surface area contributed by atoms with E-state index in [9.17, 15) is 2.74 Å². The molecule has 0 amide bonds. The van der Waals surface area contributed by atoms with E-state index in [0.717, 1.165) is 112 Å². The van der Waals surface area contributed by atoms with Gasteiger partial charge in [-0.25, -0.2) is 0 Å². The van der Waals surface area contributed by atoms with E-state index in [0.29, 0.717) is 5.56 Å². The fraction of sp³-hybridized carbons (Fsp3) is 0.205. The molecule has 0 fully saturated rings. The second-order valence-electron chi connectivity index (χ2n) is 28.6. The van der Waals surface area contributed by atoms with Gasteiger partial charge >= 0.3 is 0 Å². The van der Waals surface area contributed by atoms with Crippen molar-refractivity contribution < 1.29 is 11.6 Å². The Morgan fingerprint density at radius 1 is 0.391 bits per heavy atom. The van der Waals surface area contributed by atoms with Gasteiger partial charge in [0.15, 0.2) is 0 Å². The first-order valence-electron chi connectivity index (χ1n) is 33.4. The molecular weight excluding hydrogens is 1050 g/mol. The van der Waals surface area contributed by atoms with Crippen LogP contribution in [0.15, 0.2) is 236 Å². The monoisotopic (exact) mass is 1130 g/mol. The van der Waals surface area contributed by atoms with E-state index in [2.05, 4.69) is 281 Å². The second-order valence-corrected chi connectivity index (χ2v) is 28.6. The zero-order valence-electron chi connectivity index (χ0n) is 57.0. The number of ether oxygens (including phenoxy) is 1. The summed E-state index contributed by atoms with van der Waals surface area (Å²) in [6.07, 6.45) is 0. The molecule has 1 aromatic heterocycles. The fourth-order valence-electron chi connectivity index (χ4n) is 14.4. The molecule has 3 aliphatic rings. The van der Waals surface area contributed by atoms with Gasteiger partial charge in [0.2, 0.25) is 6.71 Å². The Bertz CT molecular complexity index is 4870. The quantitative estimate of drug-likeness (QED) is 0.160. The Morgan fingerprint density at radius 2 is 0.897 bits per heavy atom. The van der Waals surface area contributed by atoms with Crippen LogP contribution in [0, 0.1) is 0 Å². The van der Waals surface area contributed by atoms with Gasteiger partial charge in [0.05, 0.1) is 29.0 Å². The van der Waals surface area contributed by atoms with E-state index in [-0.39, 0.29) is 52.7 Å². The Morgan fingerprint density at radius 3 is 1.44 bits per heavy atom. The van der Waals surface area contributed by atoms with Gasteiger partial charge in [0, 0.05) is 50.1 Å². The minimum atomic E-state index is -1.07. The van der Waals surface area contributed by atoms with E-state index in [1.165, 1.54) is 27.5 Å². The van der Waals surface area contributed by atoms with Crippen LogP contribution in [0.2, 0.25) is 0 Å². The molecule has 0 N–H and O–H groups in total. The topological polar surface area (TPSA) is 17.4 Å². The largest absolute Gasteiger partial charge is 0.457 e. The summed E-state index contributed by atoms with van der Waals surface area (Å²) in [4.78, 5) is 2.64. The van der Waals surface area contributed by atoms with Crippen molar-refractivity contribution in [3.8, 4) is 50.6 Å². The molecule has 0 saturated carbocycles. The molecule has 426 valence electrons. The summed E-state index contributed by atoms with van der Waals surface area (Å²) in [6.45, 7) is 27.3. The van der Waals surface area contributed by atoms with Gasteiger partial charge in [-0.15, -0.1) is 0 Å². The lowest BCUT2D eigenvalue weighted by Crippen LogP contribution is -2.65. The summed E-state index contributed by atoms with van der Waals surface area (Å²) in [5.74, 6) is 1.45. The lowest BCUT2D eigenvalue weighted by Gasteiger charge is -2.51. The van der Waals surface area contributed by atoms with Crippen LogP contribution in [0.4, 0.5) is 17.1 Å². The number of fused-ring (bicyclic) bond motifs is 13. The molecule has 4 heterocycles. The number of benzene rings is 11. The highest BCUT2D eigenvalue weighted by Gasteiger charge is 2.55. The Hall–Kier alpha value is -9.12. The molecule has 15 rings (SSSR count). The summed E-state index contributed by atoms with van der Waals surface area (Å²) in [6, 6.07) is 74.6. The smallest absolute Gasteiger partial charge is 0.247 e. The number of hydrogen-bond acceptors (Lipinski definition) is 2. The Labute approximate surface area is 522 Å². The van der Waals surface area contributed by atoms with Crippen molar-refractivity contribution in [3.63, 3.8) is 0 Å². The molecule has 3 aliphatic heterocycles. The van der Waals surface area contributed by atoms with Crippen molar-refractivity contribution >= 4 is 62.0 Å². The summed E-state index contributed by atoms with van der Waals surface area (Å²) in [7, 11) is 0. The Kier molecular flexibility index (Phi) is 11.0. The van der Waals surface area contributed by atoms with Gasteiger partial charge in [0.25, 0.3) is 0 Å². The number of hydrogen-bond donors (Lipinski definition) is 0. The first kappa shape index (κ1) is 49.0. The van der Waals surface area contributed by atoms with Crippen LogP contribution in [0.5, 0.6) is 11.5 Å². The van der Waals surface area contributed by atoms with Crippen molar-refractivity contribution in [2.75, 3.05) is 4.90 Å². The van der Waals surface area contributed by atoms with E-state index in [4.69, 9.17) is 8.85 Å². The summed E-state index contributed by atoms with van der Waals surface area (Å²) in [5.41, 5.74) is 21.9. The van der Waals surface area contributed by atoms with Crippen molar-refractivity contribution in [3.05, 3.63) is 281 Å². The highest BCUT2D eigenvalue weighted by molar-refractivity contribution is 6.99. The van der Waals surface area contributed by atoms with Crippen LogP contribution in [0.3, 0.4) is 0 Å². The minimum Gasteiger partial charge on any atom is -0.457 e. The lowest BCUT2D eigenvalue weighted by atomic mass is 9.29. The first-order valence-corrected chi connectivity index (χ1v) is 30.9. The molecule has 1 spiro atoms. The van der Waals surface area contributed by atoms with E-state index < -0.39 is 16.9 Å². The number of anilines is 3. The van der Waals surface area contributed by atoms with Crippen molar-refractivity contribution in [2.24, 2.45) is 0 Å². The van der Waals surface area contributed by atoms with E-state index in [1.807, 2.05) is 18.2 Å². The van der Waals surface area contributed by atoms with Crippen molar-refractivity contribution in [1.82, 2.24) is 4.57 Å². The van der Waals surface area contributed by atoms with Crippen molar-refractivity contribution in [2.45, 2.75) is 110 Å². The van der Waals surface area contributed by atoms with Gasteiger partial charge in [-0.1, -0.05) is 258 Å². The van der Waals surface area contributed by atoms with Gasteiger partial charge in [-0.3, -0.25) is 0 Å². The third-order valence-corrected chi connectivity index (χ3v) is 19.0. The van der Waals surface area contributed by atoms with Gasteiger partial charge in [-0.05, 0) is 155 Å². The minimum absolute atomic E-state index is 0.0800. The lowest BCUT2D eigenvalue weighted by molar-refractivity contribution is 0.435. The predicted octanol–water partition coefficient (Wildman–Crippen LogP) is 20.1. The maximum atomic E-state index is 9.47. The maximum Gasteiger partial charge on any atom is 0.247 e. The molecule has 0 unspecified atom stereocenters. The zero-order chi connectivity index (χ0) is 64.5. The number of nitrogens with zero attached hydrogens (tertiary/aromatic N) is 2. The molecule has 0 bridgehead atoms. The van der Waals surface area contributed by atoms with Crippen LogP contribution in [0.1, 0.15) is 134 Å². The van der Waals surface area contributed by atoms with E-state index in [1.54, 1.807) is 0 Å². The molecule has 4 heteroatoms. The third-order valence-electron chi connectivity index (χ3n) is 19.0. The molecule has 87 heavy (non-hydrogen) atoms. The fourth-order valence-corrected chi connectivity index (χ4v) is 14.4. The molecule has 0 aliphatic carbocycles. The highest BCUT2D eigenvalue weighted by Crippen LogP contribution is 2.59. The first-order chi connectivity index (χ1) is 43.7. The van der Waals surface area contributed by atoms with Crippen LogP contribution in [-0.4, -0.2) is 11.3 Å². The highest BCUT2D eigenvalue weighted by atomic mass is 16.5. The molecule has 3 nitrogen and oxygen atoms in total. The standard InChI is InChI=1S/C83H75BN2O/c1-79(2,3)56-37-42-71-63(45-56)64-46-57(80(4,5)6)38-43-72(64)85(71)60-39-41-70-73(51-60)86(78-61(53-28-18-14-19-29-53)47-58(81(7,8)9)48-62(78)54-30-20-15-21-31-54)74-50-59(82(10,11)12)49-68-77(74)84(70)69-40-36-55(52-26-16-13-17-27-52)44-67(69)83(68)65-32-22-24-34-75(65)87-76-35-25-23-33-66(76)83/h13-51H,1-12H3/i13D,16D,17D,26D,27D. The van der Waals surface area contributed by atoms with Gasteiger partial charge in [0.1, 0.15) is 11.5 Å². The van der Waals surface area contributed by atoms with E-state index >= 15 is 0 Å². The number of para-hydroxylation sites is 2. The van der Waals surface area contributed by atoms with Crippen LogP contribution in [-0.2, 0) is 27.1 Å². The predicted molar refractivity (Wildman–Crippen MR) is 370 cm³/mol. The normalized spacial score (nSPS) is 14.9. The summed E-state index contributed by atoms with van der Waals surface area (Å²) in [5, 5.41) is 2.43. The maximum absolute atomic E-state index is 9.47. The van der Waals surface area contributed by atoms with Gasteiger partial charge < -0.3 is 14.2 Å². The zero-order valence-corrected chi connectivity index (χ0v) is 52.0. The number of aromatic nitrogens is 1. The SMILES string of the molecule is [2H]c1c([2H])c([2H])c(-c2ccc3c(c2)C2(c4ccccc4Oc4ccccc42)c2cc(C(C)(C)C)cc4c2B3c2ccc(-n3c5ccc(C(C)(C)C)cc5c5cc(C(C)(C)C)ccc53)cc2N4c2c(-c3ccccc3)cc(C(C)(C)C)cc2-c2ccccc2)c([2H])c1[2H]. The second kappa shape index (κ2) is 19.4. The summed E-state index contributed by atoms with van der Waals surface area (Å²) >= 11 is 0. The molecule has 0 atom stereocenters. The van der Waals surface area contributed by atoms with Gasteiger partial charge in [-0.2, -0.15) is 0 Å². The Balaban J connectivity index is 1.15. The van der Waals surface area contributed by atoms with Crippen LogP contribution in [0.25, 0.3) is 60.9 Å². The number of rotatable bonds is 5.